The third-order valence-electron chi connectivity index (χ3n) is 2.67. The molecule has 0 aliphatic carbocycles. The average Bonchev–Trinajstić information content (AvgIpc) is 2.46. The molecular formula is C14H12F2N2O. The monoisotopic (exact) mass is 262 g/mol. The molecule has 1 heterocycles. The number of aromatic nitrogens is 1. The van der Waals surface area contributed by atoms with E-state index in [4.69, 9.17) is 0 Å². The van der Waals surface area contributed by atoms with Gasteiger partial charge in [0, 0.05) is 30.1 Å². The molecule has 0 aliphatic heterocycles. The summed E-state index contributed by atoms with van der Waals surface area (Å²) in [5.41, 5.74) is 1.44. The maximum absolute atomic E-state index is 14.2. The van der Waals surface area contributed by atoms with E-state index in [0.717, 1.165) is 0 Å². The molecule has 1 aromatic heterocycles. The molecule has 0 aliphatic rings. The van der Waals surface area contributed by atoms with Crippen molar-refractivity contribution < 1.29 is 13.6 Å². The van der Waals surface area contributed by atoms with Crippen LogP contribution < -0.4 is 5.32 Å². The number of rotatable bonds is 4. The molecule has 0 radical (unpaired) electrons. The van der Waals surface area contributed by atoms with Gasteiger partial charge in [-0.1, -0.05) is 18.2 Å². The molecule has 98 valence electrons. The van der Waals surface area contributed by atoms with Crippen LogP contribution >= 0.6 is 0 Å². The molecule has 0 bridgehead atoms. The summed E-state index contributed by atoms with van der Waals surface area (Å²) in [4.78, 5) is 14.7. The zero-order chi connectivity index (χ0) is 13.7. The van der Waals surface area contributed by atoms with E-state index in [0.29, 0.717) is 16.7 Å². The van der Waals surface area contributed by atoms with E-state index in [1.807, 2.05) is 0 Å². The summed E-state index contributed by atoms with van der Waals surface area (Å²) in [5.74, 6) is -1.18. The van der Waals surface area contributed by atoms with Crippen molar-refractivity contribution in [3.05, 3.63) is 54.1 Å². The second-order valence-corrected chi connectivity index (χ2v) is 3.92. The van der Waals surface area contributed by atoms with E-state index in [1.165, 1.54) is 0 Å². The standard InChI is InChI=1S/C14H12F2N2O/c15-8-13(19)18-9-11-2-1-3-12(14(11)16)10-4-6-17-7-5-10/h1-7H,8-9H2,(H,18,19). The number of amides is 1. The Morgan fingerprint density at radius 3 is 2.63 bits per heavy atom. The highest BCUT2D eigenvalue weighted by atomic mass is 19.1. The number of halogens is 2. The number of nitrogens with zero attached hydrogens (tertiary/aromatic N) is 1. The van der Waals surface area contributed by atoms with Gasteiger partial charge < -0.3 is 5.32 Å². The largest absolute Gasteiger partial charge is 0.350 e. The van der Waals surface area contributed by atoms with Crippen molar-refractivity contribution in [2.75, 3.05) is 6.67 Å². The van der Waals surface area contributed by atoms with Crippen LogP contribution in [0.2, 0.25) is 0 Å². The van der Waals surface area contributed by atoms with Gasteiger partial charge in [0.05, 0.1) is 0 Å². The molecule has 0 saturated heterocycles. The molecule has 0 atom stereocenters. The Balaban J connectivity index is 2.26. The highest BCUT2D eigenvalue weighted by Gasteiger charge is 2.10. The lowest BCUT2D eigenvalue weighted by Gasteiger charge is -2.09. The topological polar surface area (TPSA) is 42.0 Å². The van der Waals surface area contributed by atoms with Gasteiger partial charge in [0.15, 0.2) is 6.67 Å². The van der Waals surface area contributed by atoms with E-state index in [9.17, 15) is 13.6 Å². The van der Waals surface area contributed by atoms with Gasteiger partial charge in [-0.15, -0.1) is 0 Å². The van der Waals surface area contributed by atoms with Gasteiger partial charge in [0.1, 0.15) is 5.82 Å². The first-order valence-electron chi connectivity index (χ1n) is 5.73. The Hall–Kier alpha value is -2.30. The molecule has 19 heavy (non-hydrogen) atoms. The predicted molar refractivity (Wildman–Crippen MR) is 67.5 cm³/mol. The van der Waals surface area contributed by atoms with Gasteiger partial charge in [0.2, 0.25) is 0 Å². The van der Waals surface area contributed by atoms with Crippen molar-refractivity contribution in [2.45, 2.75) is 6.54 Å². The SMILES string of the molecule is O=C(CF)NCc1cccc(-c2ccncc2)c1F. The van der Waals surface area contributed by atoms with Crippen molar-refractivity contribution in [3.63, 3.8) is 0 Å². The Labute approximate surface area is 109 Å². The fourth-order valence-electron chi connectivity index (χ4n) is 1.71. The molecule has 0 fully saturated rings. The minimum absolute atomic E-state index is 0.0342. The maximum atomic E-state index is 14.2. The molecule has 1 N–H and O–H groups in total. The van der Waals surface area contributed by atoms with Crippen LogP contribution in [0, 0.1) is 5.82 Å². The summed E-state index contributed by atoms with van der Waals surface area (Å²) in [6.45, 7) is -1.14. The predicted octanol–water partition coefficient (Wildman–Crippen LogP) is 2.47. The summed E-state index contributed by atoms with van der Waals surface area (Å²) in [6, 6.07) is 8.28. The number of carbonyl (C=O) groups excluding carboxylic acids is 1. The first kappa shape index (κ1) is 13.1. The smallest absolute Gasteiger partial charge is 0.251 e. The minimum atomic E-state index is -1.11. The molecule has 1 aromatic carbocycles. The van der Waals surface area contributed by atoms with Crippen LogP contribution in [0.3, 0.4) is 0 Å². The summed E-state index contributed by atoms with van der Waals surface area (Å²) in [6.07, 6.45) is 3.15. The zero-order valence-corrected chi connectivity index (χ0v) is 10.1. The van der Waals surface area contributed by atoms with Gasteiger partial charge in [-0.05, 0) is 17.7 Å². The number of carbonyl (C=O) groups is 1. The van der Waals surface area contributed by atoms with Gasteiger partial charge in [-0.25, -0.2) is 8.78 Å². The third-order valence-corrected chi connectivity index (χ3v) is 2.67. The molecule has 0 unspecified atom stereocenters. The van der Waals surface area contributed by atoms with Crippen LogP contribution in [-0.4, -0.2) is 17.6 Å². The summed E-state index contributed by atoms with van der Waals surface area (Å²) in [5, 5.41) is 2.30. The Kier molecular flexibility index (Phi) is 4.18. The van der Waals surface area contributed by atoms with Crippen LogP contribution in [0.4, 0.5) is 8.78 Å². The summed E-state index contributed by atoms with van der Waals surface area (Å²) in [7, 11) is 0. The van der Waals surface area contributed by atoms with Crippen LogP contribution in [0.15, 0.2) is 42.7 Å². The normalized spacial score (nSPS) is 10.2. The van der Waals surface area contributed by atoms with E-state index >= 15 is 0 Å². The van der Waals surface area contributed by atoms with Crippen LogP contribution in [0.25, 0.3) is 11.1 Å². The fraction of sp³-hybridized carbons (Fsp3) is 0.143. The van der Waals surface area contributed by atoms with Crippen molar-refractivity contribution in [3.8, 4) is 11.1 Å². The molecule has 1 amide bonds. The summed E-state index contributed by atoms with van der Waals surface area (Å²) >= 11 is 0. The number of hydrogen-bond donors (Lipinski definition) is 1. The van der Waals surface area contributed by atoms with Crippen LogP contribution in [-0.2, 0) is 11.3 Å². The molecule has 0 saturated carbocycles. The van der Waals surface area contributed by atoms with Crippen molar-refractivity contribution >= 4 is 5.91 Å². The number of nitrogens with one attached hydrogen (secondary N) is 1. The lowest BCUT2D eigenvalue weighted by Crippen LogP contribution is -2.24. The Bertz CT molecular complexity index is 573. The average molecular weight is 262 g/mol. The third kappa shape index (κ3) is 3.13. The van der Waals surface area contributed by atoms with E-state index in [1.54, 1.807) is 42.7 Å². The van der Waals surface area contributed by atoms with Gasteiger partial charge in [0.25, 0.3) is 5.91 Å². The number of pyridine rings is 1. The van der Waals surface area contributed by atoms with E-state index in [2.05, 4.69) is 10.3 Å². The first-order valence-corrected chi connectivity index (χ1v) is 5.73. The summed E-state index contributed by atoms with van der Waals surface area (Å²) < 4.78 is 26.3. The molecule has 5 heteroatoms. The van der Waals surface area contributed by atoms with Crippen LogP contribution in [0.5, 0.6) is 0 Å². The maximum Gasteiger partial charge on any atom is 0.251 e. The van der Waals surface area contributed by atoms with Crippen molar-refractivity contribution in [1.82, 2.24) is 10.3 Å². The van der Waals surface area contributed by atoms with Gasteiger partial charge >= 0.3 is 0 Å². The van der Waals surface area contributed by atoms with E-state index in [-0.39, 0.29) is 6.54 Å². The molecule has 0 spiro atoms. The first-order chi connectivity index (χ1) is 9.22. The second-order valence-electron chi connectivity index (χ2n) is 3.92. The molecule has 2 aromatic rings. The van der Waals surface area contributed by atoms with Gasteiger partial charge in [-0.2, -0.15) is 0 Å². The highest BCUT2D eigenvalue weighted by Crippen LogP contribution is 2.24. The molecular weight excluding hydrogens is 250 g/mol. The number of benzene rings is 1. The van der Waals surface area contributed by atoms with Gasteiger partial charge in [-0.3, -0.25) is 9.78 Å². The van der Waals surface area contributed by atoms with Crippen molar-refractivity contribution in [1.29, 1.82) is 0 Å². The zero-order valence-electron chi connectivity index (χ0n) is 10.1. The second kappa shape index (κ2) is 6.04. The number of hydrogen-bond acceptors (Lipinski definition) is 2. The lowest BCUT2D eigenvalue weighted by atomic mass is 10.0. The Morgan fingerprint density at radius 2 is 1.95 bits per heavy atom. The number of alkyl halides is 1. The Morgan fingerprint density at radius 1 is 1.21 bits per heavy atom. The van der Waals surface area contributed by atoms with Crippen molar-refractivity contribution in [2.24, 2.45) is 0 Å². The van der Waals surface area contributed by atoms with Crippen LogP contribution in [0.1, 0.15) is 5.56 Å². The van der Waals surface area contributed by atoms with E-state index < -0.39 is 18.4 Å². The molecule has 2 rings (SSSR count). The highest BCUT2D eigenvalue weighted by molar-refractivity contribution is 5.77. The molecule has 3 nitrogen and oxygen atoms in total. The quantitative estimate of drug-likeness (QED) is 0.919. The minimum Gasteiger partial charge on any atom is -0.350 e. The fourth-order valence-corrected chi connectivity index (χ4v) is 1.71. The lowest BCUT2D eigenvalue weighted by molar-refractivity contribution is -0.122.